The lowest BCUT2D eigenvalue weighted by Gasteiger charge is -2.12. The first-order valence-corrected chi connectivity index (χ1v) is 4.54. The summed E-state index contributed by atoms with van der Waals surface area (Å²) in [6.07, 6.45) is 0. The molecule has 0 saturated carbocycles. The van der Waals surface area contributed by atoms with Gasteiger partial charge in [0, 0.05) is 16.1 Å². The zero-order valence-electron chi connectivity index (χ0n) is 7.17. The van der Waals surface area contributed by atoms with E-state index in [4.69, 9.17) is 10.5 Å². The maximum Gasteiger partial charge on any atom is 0.124 e. The van der Waals surface area contributed by atoms with Crippen molar-refractivity contribution in [3.8, 4) is 5.75 Å². The van der Waals surface area contributed by atoms with E-state index in [9.17, 15) is 0 Å². The molecular formula is C9H12BrNO. The van der Waals surface area contributed by atoms with E-state index in [1.165, 1.54) is 0 Å². The lowest BCUT2D eigenvalue weighted by molar-refractivity contribution is 0.406. The maximum absolute atomic E-state index is 5.78. The maximum atomic E-state index is 5.78. The fourth-order valence-corrected chi connectivity index (χ4v) is 1.85. The number of hydrogen-bond acceptors (Lipinski definition) is 2. The Labute approximate surface area is 80.8 Å². The van der Waals surface area contributed by atoms with Gasteiger partial charge in [-0.15, -0.1) is 0 Å². The molecule has 0 aliphatic heterocycles. The summed E-state index contributed by atoms with van der Waals surface area (Å²) >= 11 is 3.43. The number of rotatable bonds is 2. The van der Waals surface area contributed by atoms with Gasteiger partial charge in [0.2, 0.25) is 0 Å². The van der Waals surface area contributed by atoms with Crippen LogP contribution in [0.5, 0.6) is 5.75 Å². The van der Waals surface area contributed by atoms with Gasteiger partial charge < -0.3 is 10.5 Å². The summed E-state index contributed by atoms with van der Waals surface area (Å²) in [6, 6.07) is 5.77. The largest absolute Gasteiger partial charge is 0.496 e. The molecule has 1 aromatic rings. The van der Waals surface area contributed by atoms with E-state index in [0.29, 0.717) is 0 Å². The minimum Gasteiger partial charge on any atom is -0.496 e. The van der Waals surface area contributed by atoms with Crippen LogP contribution in [0.25, 0.3) is 0 Å². The van der Waals surface area contributed by atoms with Crippen LogP contribution in [0.15, 0.2) is 22.7 Å². The molecule has 0 radical (unpaired) electrons. The van der Waals surface area contributed by atoms with Crippen molar-refractivity contribution in [3.05, 3.63) is 28.2 Å². The van der Waals surface area contributed by atoms with Crippen LogP contribution >= 0.6 is 15.9 Å². The molecule has 0 saturated heterocycles. The van der Waals surface area contributed by atoms with Gasteiger partial charge in [-0.2, -0.15) is 0 Å². The highest BCUT2D eigenvalue weighted by molar-refractivity contribution is 9.10. The van der Waals surface area contributed by atoms with Gasteiger partial charge >= 0.3 is 0 Å². The molecule has 0 bridgehead atoms. The molecule has 1 aromatic carbocycles. The minimum absolute atomic E-state index is 0.0180. The highest BCUT2D eigenvalue weighted by atomic mass is 79.9. The van der Waals surface area contributed by atoms with E-state index < -0.39 is 0 Å². The quantitative estimate of drug-likeness (QED) is 0.846. The molecular weight excluding hydrogens is 218 g/mol. The van der Waals surface area contributed by atoms with Crippen LogP contribution in [0, 0.1) is 0 Å². The summed E-state index contributed by atoms with van der Waals surface area (Å²) in [6.45, 7) is 1.93. The van der Waals surface area contributed by atoms with Crippen LogP contribution in [-0.2, 0) is 0 Å². The predicted molar refractivity (Wildman–Crippen MR) is 53.3 cm³/mol. The van der Waals surface area contributed by atoms with Crippen LogP contribution in [0.1, 0.15) is 18.5 Å². The van der Waals surface area contributed by atoms with Crippen molar-refractivity contribution in [2.75, 3.05) is 7.11 Å². The van der Waals surface area contributed by atoms with E-state index in [2.05, 4.69) is 15.9 Å². The molecule has 1 unspecified atom stereocenters. The van der Waals surface area contributed by atoms with Gasteiger partial charge in [-0.3, -0.25) is 0 Å². The van der Waals surface area contributed by atoms with Crippen molar-refractivity contribution in [1.29, 1.82) is 0 Å². The first kappa shape index (κ1) is 9.55. The van der Waals surface area contributed by atoms with E-state index in [1.54, 1.807) is 7.11 Å². The molecule has 1 atom stereocenters. The predicted octanol–water partition coefficient (Wildman–Crippen LogP) is 2.48. The average molecular weight is 230 g/mol. The van der Waals surface area contributed by atoms with Gasteiger partial charge in [0.25, 0.3) is 0 Å². The summed E-state index contributed by atoms with van der Waals surface area (Å²) in [4.78, 5) is 0. The topological polar surface area (TPSA) is 35.2 Å². The van der Waals surface area contributed by atoms with Gasteiger partial charge in [0.1, 0.15) is 5.75 Å². The Balaban J connectivity index is 3.20. The Morgan fingerprint density at radius 1 is 1.50 bits per heavy atom. The van der Waals surface area contributed by atoms with Crippen LogP contribution in [0.2, 0.25) is 0 Å². The summed E-state index contributed by atoms with van der Waals surface area (Å²) in [5, 5.41) is 0. The Kier molecular flexibility index (Phi) is 3.12. The van der Waals surface area contributed by atoms with Crippen LogP contribution in [0.4, 0.5) is 0 Å². The second kappa shape index (κ2) is 3.92. The first-order chi connectivity index (χ1) is 5.66. The number of methoxy groups -OCH3 is 1. The Bertz CT molecular complexity index is 273. The molecule has 0 amide bonds. The van der Waals surface area contributed by atoms with Gasteiger partial charge in [0.15, 0.2) is 0 Å². The molecule has 2 nitrogen and oxygen atoms in total. The molecule has 0 aliphatic rings. The summed E-state index contributed by atoms with van der Waals surface area (Å²) in [7, 11) is 1.65. The smallest absolute Gasteiger partial charge is 0.124 e. The fraction of sp³-hybridized carbons (Fsp3) is 0.333. The fourth-order valence-electron chi connectivity index (χ4n) is 1.14. The van der Waals surface area contributed by atoms with Crippen molar-refractivity contribution in [2.45, 2.75) is 13.0 Å². The van der Waals surface area contributed by atoms with Crippen LogP contribution in [0.3, 0.4) is 0 Å². The van der Waals surface area contributed by atoms with Crippen LogP contribution in [-0.4, -0.2) is 7.11 Å². The Morgan fingerprint density at radius 3 is 2.58 bits per heavy atom. The minimum atomic E-state index is -0.0180. The molecule has 1 rings (SSSR count). The molecule has 0 heterocycles. The van der Waals surface area contributed by atoms with Crippen molar-refractivity contribution in [1.82, 2.24) is 0 Å². The second-order valence-corrected chi connectivity index (χ2v) is 3.50. The van der Waals surface area contributed by atoms with Crippen molar-refractivity contribution in [2.24, 2.45) is 5.73 Å². The van der Waals surface area contributed by atoms with Crippen LogP contribution < -0.4 is 10.5 Å². The molecule has 0 spiro atoms. The molecule has 0 aliphatic carbocycles. The molecule has 0 fully saturated rings. The zero-order chi connectivity index (χ0) is 9.14. The normalized spacial score (nSPS) is 12.7. The molecule has 3 heteroatoms. The third kappa shape index (κ3) is 1.79. The lowest BCUT2D eigenvalue weighted by Crippen LogP contribution is -2.07. The Morgan fingerprint density at radius 2 is 2.17 bits per heavy atom. The van der Waals surface area contributed by atoms with E-state index in [0.717, 1.165) is 15.8 Å². The third-order valence-electron chi connectivity index (χ3n) is 1.69. The van der Waals surface area contributed by atoms with Gasteiger partial charge in [-0.05, 0) is 19.1 Å². The Hall–Kier alpha value is -0.540. The molecule has 12 heavy (non-hydrogen) atoms. The summed E-state index contributed by atoms with van der Waals surface area (Å²) in [5.74, 6) is 0.833. The van der Waals surface area contributed by atoms with Gasteiger partial charge in [0.05, 0.1) is 7.11 Å². The standard InChI is InChI=1S/C9H12BrNO/c1-6(11)9-7(10)4-3-5-8(9)12-2/h3-6H,11H2,1-2H3. The van der Waals surface area contributed by atoms with Gasteiger partial charge in [-0.25, -0.2) is 0 Å². The number of ether oxygens (including phenoxy) is 1. The van der Waals surface area contributed by atoms with E-state index in [-0.39, 0.29) is 6.04 Å². The summed E-state index contributed by atoms with van der Waals surface area (Å²) < 4.78 is 6.17. The second-order valence-electron chi connectivity index (χ2n) is 2.64. The highest BCUT2D eigenvalue weighted by Gasteiger charge is 2.10. The molecule has 66 valence electrons. The first-order valence-electron chi connectivity index (χ1n) is 3.74. The average Bonchev–Trinajstić information content (AvgIpc) is 2.03. The highest BCUT2D eigenvalue weighted by Crippen LogP contribution is 2.30. The number of hydrogen-bond donors (Lipinski definition) is 1. The number of nitrogens with two attached hydrogens (primary N) is 1. The van der Waals surface area contributed by atoms with Crippen molar-refractivity contribution in [3.63, 3.8) is 0 Å². The monoisotopic (exact) mass is 229 g/mol. The number of benzene rings is 1. The zero-order valence-corrected chi connectivity index (χ0v) is 8.76. The van der Waals surface area contributed by atoms with E-state index in [1.807, 2.05) is 25.1 Å². The molecule has 2 N–H and O–H groups in total. The van der Waals surface area contributed by atoms with E-state index >= 15 is 0 Å². The number of halogens is 1. The SMILES string of the molecule is COc1cccc(Br)c1C(C)N. The molecule has 0 aromatic heterocycles. The van der Waals surface area contributed by atoms with Crippen molar-refractivity contribution >= 4 is 15.9 Å². The van der Waals surface area contributed by atoms with Crippen molar-refractivity contribution < 1.29 is 4.74 Å². The van der Waals surface area contributed by atoms with Gasteiger partial charge in [-0.1, -0.05) is 22.0 Å². The summed E-state index contributed by atoms with van der Waals surface area (Å²) in [5.41, 5.74) is 6.79. The lowest BCUT2D eigenvalue weighted by atomic mass is 10.1. The third-order valence-corrected chi connectivity index (χ3v) is 2.38.